The van der Waals surface area contributed by atoms with E-state index >= 15 is 0 Å². The minimum absolute atomic E-state index is 0.790. The van der Waals surface area contributed by atoms with Gasteiger partial charge in [-0.1, -0.05) is 13.8 Å². The van der Waals surface area contributed by atoms with Crippen molar-refractivity contribution in [3.63, 3.8) is 0 Å². The third kappa shape index (κ3) is 0.905. The summed E-state index contributed by atoms with van der Waals surface area (Å²) in [5, 5.41) is 0. The van der Waals surface area contributed by atoms with Gasteiger partial charge in [-0.2, -0.15) is 0 Å². The summed E-state index contributed by atoms with van der Waals surface area (Å²) < 4.78 is 0. The Morgan fingerprint density at radius 2 is 1.80 bits per heavy atom. The lowest BCUT2D eigenvalue weighted by molar-refractivity contribution is -0.0380. The van der Waals surface area contributed by atoms with Gasteiger partial charge in [-0.05, 0) is 66.6 Å². The van der Waals surface area contributed by atoms with E-state index in [0.29, 0.717) is 0 Å². The number of rotatable bonds is 0. The molecule has 6 atom stereocenters. The van der Waals surface area contributed by atoms with E-state index in [9.17, 15) is 0 Å². The molecule has 0 heteroatoms. The molecule has 0 radical (unpaired) electrons. The average Bonchev–Trinajstić information content (AvgIpc) is 2.74. The van der Waals surface area contributed by atoms with Crippen LogP contribution < -0.4 is 0 Å². The molecule has 0 aromatic heterocycles. The average molecular weight is 204 g/mol. The third-order valence-corrected chi connectivity index (χ3v) is 6.31. The second kappa shape index (κ2) is 2.70. The molecule has 1 spiro atoms. The second-order valence-corrected chi connectivity index (χ2v) is 6.96. The van der Waals surface area contributed by atoms with Crippen LogP contribution in [-0.2, 0) is 0 Å². The van der Waals surface area contributed by atoms with E-state index in [4.69, 9.17) is 0 Å². The molecule has 4 aliphatic rings. The smallest absolute Gasteiger partial charge is 0.0204 e. The van der Waals surface area contributed by atoms with Gasteiger partial charge in [0.2, 0.25) is 0 Å². The summed E-state index contributed by atoms with van der Waals surface area (Å²) in [5.74, 6) is 4.56. The first-order valence-corrected chi connectivity index (χ1v) is 6.64. The first kappa shape index (κ1) is 9.93. The molecule has 0 saturated heterocycles. The zero-order chi connectivity index (χ0) is 10.8. The van der Waals surface area contributed by atoms with Crippen molar-refractivity contribution < 1.29 is 0 Å². The van der Waals surface area contributed by atoms with Crippen LogP contribution in [0.4, 0.5) is 0 Å². The Kier molecular flexibility index (Phi) is 1.79. The molecule has 0 aromatic carbocycles. The monoisotopic (exact) mass is 204 g/mol. The lowest BCUT2D eigenvalue weighted by Gasteiger charge is -2.52. The van der Waals surface area contributed by atoms with Gasteiger partial charge in [0.25, 0.3) is 0 Å². The molecular weight excluding hydrogens is 180 g/mol. The molecule has 0 N–H and O–H groups in total. The van der Waals surface area contributed by atoms with Gasteiger partial charge >= 0.3 is 0 Å². The summed E-state index contributed by atoms with van der Waals surface area (Å²) in [6.07, 6.45) is 7.98. The van der Waals surface area contributed by atoms with Gasteiger partial charge in [0.15, 0.2) is 0 Å². The third-order valence-electron chi connectivity index (χ3n) is 6.31. The van der Waals surface area contributed by atoms with Crippen molar-refractivity contribution in [2.45, 2.75) is 46.0 Å². The normalized spacial score (nSPS) is 63.1. The van der Waals surface area contributed by atoms with E-state index in [1.54, 1.807) is 32.1 Å². The molecule has 0 amide bonds. The molecule has 0 aliphatic heterocycles. The molecule has 0 heterocycles. The molecule has 84 valence electrons. The summed E-state index contributed by atoms with van der Waals surface area (Å²) in [6.45, 7) is 11.1. The Labute approximate surface area is 94.1 Å². The van der Waals surface area contributed by atoms with Crippen molar-refractivity contribution >= 4 is 0 Å². The largest absolute Gasteiger partial charge is 0.106 e. The molecule has 15 heavy (non-hydrogen) atoms. The van der Waals surface area contributed by atoms with Gasteiger partial charge < -0.3 is 0 Å². The molecule has 6 unspecified atom stereocenters. The molecule has 0 nitrogen and oxygen atoms in total. The molecule has 4 fully saturated rings. The number of hydrogen-bond donors (Lipinski definition) is 0. The summed E-state index contributed by atoms with van der Waals surface area (Å²) in [4.78, 5) is 0. The van der Waals surface area contributed by atoms with Crippen LogP contribution in [0.15, 0.2) is 13.2 Å². The summed E-state index contributed by atoms with van der Waals surface area (Å²) in [6, 6.07) is 0. The van der Waals surface area contributed by atoms with E-state index in [1.807, 2.05) is 0 Å². The predicted octanol–water partition coefficient (Wildman–Crippen LogP) is 4.27. The van der Waals surface area contributed by atoms with Gasteiger partial charge in [0.05, 0.1) is 0 Å². The number of hydrogen-bond acceptors (Lipinski definition) is 0. The zero-order valence-corrected chi connectivity index (χ0v) is 10.3. The quantitative estimate of drug-likeness (QED) is 0.517. The van der Waals surface area contributed by atoms with Crippen LogP contribution in [0, 0.1) is 34.5 Å². The Balaban J connectivity index is 0.000000343. The fourth-order valence-corrected chi connectivity index (χ4v) is 6.20. The Morgan fingerprint density at radius 1 is 1.07 bits per heavy atom. The second-order valence-electron chi connectivity index (χ2n) is 6.96. The zero-order valence-electron chi connectivity index (χ0n) is 10.3. The number of fused-ring (bicyclic) bond motifs is 1. The first-order chi connectivity index (χ1) is 7.14. The van der Waals surface area contributed by atoms with E-state index < -0.39 is 0 Å². The standard InChI is InChI=1S/C13H20.C2H4/c1-8-3-9-4-10-5-12(2)6-11(8)13(9,10)7-12;1-2/h8-11H,3-7H2,1-2H3;1-2H2. The van der Waals surface area contributed by atoms with Crippen molar-refractivity contribution in [2.75, 3.05) is 0 Å². The molecule has 0 aromatic rings. The van der Waals surface area contributed by atoms with Gasteiger partial charge in [-0.3, -0.25) is 0 Å². The minimum Gasteiger partial charge on any atom is -0.106 e. The fourth-order valence-electron chi connectivity index (χ4n) is 6.20. The first-order valence-electron chi connectivity index (χ1n) is 6.64. The van der Waals surface area contributed by atoms with Crippen molar-refractivity contribution in [1.29, 1.82) is 0 Å². The summed E-state index contributed by atoms with van der Waals surface area (Å²) >= 11 is 0. The molecular formula is C15H24. The lowest BCUT2D eigenvalue weighted by Crippen LogP contribution is -2.45. The highest BCUT2D eigenvalue weighted by molar-refractivity contribution is 5.23. The summed E-state index contributed by atoms with van der Waals surface area (Å²) in [5.41, 5.74) is 1.70. The highest BCUT2D eigenvalue weighted by atomic mass is 14.8. The minimum atomic E-state index is 0.790. The van der Waals surface area contributed by atoms with E-state index in [-0.39, 0.29) is 0 Å². The topological polar surface area (TPSA) is 0 Å². The van der Waals surface area contributed by atoms with Crippen LogP contribution >= 0.6 is 0 Å². The van der Waals surface area contributed by atoms with Crippen molar-refractivity contribution in [1.82, 2.24) is 0 Å². The fraction of sp³-hybridized carbons (Fsp3) is 0.867. The highest BCUT2D eigenvalue weighted by Crippen LogP contribution is 2.82. The van der Waals surface area contributed by atoms with Gasteiger partial charge in [-0.25, -0.2) is 0 Å². The van der Waals surface area contributed by atoms with E-state index in [0.717, 1.165) is 22.7 Å². The van der Waals surface area contributed by atoms with Crippen LogP contribution in [0.2, 0.25) is 0 Å². The lowest BCUT2D eigenvalue weighted by atomic mass is 9.52. The molecule has 4 saturated carbocycles. The van der Waals surface area contributed by atoms with E-state index in [2.05, 4.69) is 27.0 Å². The molecule has 4 aliphatic carbocycles. The predicted molar refractivity (Wildman–Crippen MR) is 64.5 cm³/mol. The van der Waals surface area contributed by atoms with Crippen molar-refractivity contribution in [3.05, 3.63) is 13.2 Å². The Morgan fingerprint density at radius 3 is 2.40 bits per heavy atom. The van der Waals surface area contributed by atoms with Gasteiger partial charge in [0, 0.05) is 0 Å². The van der Waals surface area contributed by atoms with E-state index in [1.165, 1.54) is 11.8 Å². The highest BCUT2D eigenvalue weighted by Gasteiger charge is 2.74. The maximum atomic E-state index is 3.00. The maximum Gasteiger partial charge on any atom is -0.0204 e. The van der Waals surface area contributed by atoms with Crippen LogP contribution in [0.5, 0.6) is 0 Å². The van der Waals surface area contributed by atoms with Gasteiger partial charge in [-0.15, -0.1) is 13.2 Å². The molecule has 4 rings (SSSR count). The van der Waals surface area contributed by atoms with Crippen LogP contribution in [0.1, 0.15) is 46.0 Å². The van der Waals surface area contributed by atoms with Crippen molar-refractivity contribution in [2.24, 2.45) is 34.5 Å². The van der Waals surface area contributed by atoms with Gasteiger partial charge in [0.1, 0.15) is 0 Å². The van der Waals surface area contributed by atoms with Crippen LogP contribution in [0.25, 0.3) is 0 Å². The summed E-state index contributed by atoms with van der Waals surface area (Å²) in [7, 11) is 0. The van der Waals surface area contributed by atoms with Crippen LogP contribution in [-0.4, -0.2) is 0 Å². The Bertz CT molecular complexity index is 288. The van der Waals surface area contributed by atoms with Crippen molar-refractivity contribution in [3.8, 4) is 0 Å². The Hall–Kier alpha value is -0.260. The maximum absolute atomic E-state index is 3.00. The SMILES string of the molecule is C=C.CC1CC2CC3CC4(C)CC1C23C4. The molecule has 2 bridgehead atoms. The van der Waals surface area contributed by atoms with Crippen LogP contribution in [0.3, 0.4) is 0 Å².